The van der Waals surface area contributed by atoms with E-state index in [2.05, 4.69) is 57.2 Å². The van der Waals surface area contributed by atoms with Gasteiger partial charge in [0, 0.05) is 19.3 Å². The maximum absolute atomic E-state index is 12.7. The molecular weight excluding hydrogens is 721 g/mol. The topological polar surface area (TPSA) is 78.9 Å². The molecule has 0 amide bonds. The van der Waals surface area contributed by atoms with Crippen molar-refractivity contribution < 1.29 is 28.6 Å². The van der Waals surface area contributed by atoms with Crippen molar-refractivity contribution in [2.75, 3.05) is 13.2 Å². The fourth-order valence-electron chi connectivity index (χ4n) is 7.12. The highest BCUT2D eigenvalue weighted by Crippen LogP contribution is 2.15. The Morgan fingerprint density at radius 1 is 0.362 bits per heavy atom. The molecule has 6 nitrogen and oxygen atoms in total. The highest BCUT2D eigenvalue weighted by atomic mass is 16.6. The molecule has 0 bridgehead atoms. The van der Waals surface area contributed by atoms with Crippen molar-refractivity contribution in [1.29, 1.82) is 0 Å². The molecule has 0 heterocycles. The highest BCUT2D eigenvalue weighted by Gasteiger charge is 2.19. The van der Waals surface area contributed by atoms with E-state index in [4.69, 9.17) is 14.2 Å². The largest absolute Gasteiger partial charge is 0.462 e. The van der Waals surface area contributed by atoms with E-state index in [1.807, 2.05) is 0 Å². The highest BCUT2D eigenvalue weighted by molar-refractivity contribution is 5.71. The summed E-state index contributed by atoms with van der Waals surface area (Å²) in [6.07, 6.45) is 54.1. The fraction of sp³-hybridized carbons (Fsp3) is 0.827. The third kappa shape index (κ3) is 44.7. The Balaban J connectivity index is 4.38. The summed E-state index contributed by atoms with van der Waals surface area (Å²) in [6, 6.07) is 0. The van der Waals surface area contributed by atoms with Crippen LogP contribution in [0.3, 0.4) is 0 Å². The minimum absolute atomic E-state index is 0.0780. The Morgan fingerprint density at radius 3 is 1.07 bits per heavy atom. The first-order valence-corrected chi connectivity index (χ1v) is 25.0. The van der Waals surface area contributed by atoms with E-state index in [-0.39, 0.29) is 31.1 Å². The van der Waals surface area contributed by atoms with E-state index >= 15 is 0 Å². The molecule has 0 aromatic rings. The monoisotopic (exact) mass is 815 g/mol. The molecule has 1 unspecified atom stereocenters. The van der Waals surface area contributed by atoms with Crippen molar-refractivity contribution in [2.24, 2.45) is 0 Å². The summed E-state index contributed by atoms with van der Waals surface area (Å²) >= 11 is 0. The summed E-state index contributed by atoms with van der Waals surface area (Å²) < 4.78 is 16.8. The molecule has 0 aliphatic heterocycles. The molecule has 0 radical (unpaired) electrons. The Labute approximate surface area is 359 Å². The molecule has 0 spiro atoms. The van der Waals surface area contributed by atoms with Crippen LogP contribution in [0.2, 0.25) is 0 Å². The van der Waals surface area contributed by atoms with Gasteiger partial charge in [-0.3, -0.25) is 14.4 Å². The molecule has 58 heavy (non-hydrogen) atoms. The van der Waals surface area contributed by atoms with Crippen LogP contribution in [0, 0.1) is 0 Å². The number of allylic oxidation sites excluding steroid dienone is 6. The molecule has 0 fully saturated rings. The van der Waals surface area contributed by atoms with E-state index in [1.54, 1.807) is 0 Å². The molecule has 0 aliphatic carbocycles. The lowest BCUT2D eigenvalue weighted by Gasteiger charge is -2.18. The van der Waals surface area contributed by atoms with Crippen molar-refractivity contribution in [1.82, 2.24) is 0 Å². The van der Waals surface area contributed by atoms with Crippen molar-refractivity contribution in [3.63, 3.8) is 0 Å². The number of ether oxygens (including phenoxy) is 3. The van der Waals surface area contributed by atoms with Crippen LogP contribution in [-0.4, -0.2) is 37.2 Å². The van der Waals surface area contributed by atoms with Gasteiger partial charge in [0.25, 0.3) is 0 Å². The van der Waals surface area contributed by atoms with Crippen molar-refractivity contribution in [3.05, 3.63) is 36.5 Å². The molecule has 0 aromatic heterocycles. The zero-order valence-electron chi connectivity index (χ0n) is 38.6. The summed E-state index contributed by atoms with van der Waals surface area (Å²) in [4.78, 5) is 37.9. The van der Waals surface area contributed by atoms with Gasteiger partial charge in [0.05, 0.1) is 0 Å². The third-order valence-electron chi connectivity index (χ3n) is 10.9. The second-order valence-corrected chi connectivity index (χ2v) is 16.7. The van der Waals surface area contributed by atoms with E-state index in [0.717, 1.165) is 89.9 Å². The quantitative estimate of drug-likeness (QED) is 0.0264. The maximum atomic E-state index is 12.7. The molecule has 0 saturated carbocycles. The van der Waals surface area contributed by atoms with Gasteiger partial charge in [-0.15, -0.1) is 0 Å². The van der Waals surface area contributed by atoms with Gasteiger partial charge in [0.1, 0.15) is 13.2 Å². The van der Waals surface area contributed by atoms with Gasteiger partial charge in [0.15, 0.2) is 6.10 Å². The van der Waals surface area contributed by atoms with Crippen LogP contribution in [0.5, 0.6) is 0 Å². The average Bonchev–Trinajstić information content (AvgIpc) is 3.22. The maximum Gasteiger partial charge on any atom is 0.306 e. The molecule has 6 heteroatoms. The molecule has 338 valence electrons. The number of carbonyl (C=O) groups excluding carboxylic acids is 3. The Morgan fingerprint density at radius 2 is 0.672 bits per heavy atom. The van der Waals surface area contributed by atoms with Crippen LogP contribution in [-0.2, 0) is 28.6 Å². The van der Waals surface area contributed by atoms with Crippen LogP contribution < -0.4 is 0 Å². The number of esters is 3. The van der Waals surface area contributed by atoms with E-state index < -0.39 is 6.10 Å². The molecule has 0 aliphatic rings. The Hall–Kier alpha value is -2.37. The van der Waals surface area contributed by atoms with Gasteiger partial charge < -0.3 is 14.2 Å². The van der Waals surface area contributed by atoms with Crippen LogP contribution in [0.1, 0.15) is 258 Å². The predicted molar refractivity (Wildman–Crippen MR) is 247 cm³/mol. The van der Waals surface area contributed by atoms with Gasteiger partial charge in [-0.25, -0.2) is 0 Å². The smallest absolute Gasteiger partial charge is 0.306 e. The SMILES string of the molecule is CC/C=C\C/C=C\CCCCCCCCCC(=O)OCC(COC(=O)CCCCCCCCCCCCCCC)OC(=O)CCCCC/C=C\CCCCCCCC. The lowest BCUT2D eigenvalue weighted by atomic mass is 10.0. The van der Waals surface area contributed by atoms with Crippen LogP contribution in [0.15, 0.2) is 36.5 Å². The summed E-state index contributed by atoms with van der Waals surface area (Å²) in [5.74, 6) is -0.895. The molecule has 0 rings (SSSR count). The number of unbranched alkanes of at least 4 members (excludes halogenated alkanes) is 28. The van der Waals surface area contributed by atoms with Gasteiger partial charge in [-0.2, -0.15) is 0 Å². The fourth-order valence-corrected chi connectivity index (χ4v) is 7.12. The Kier molecular flexibility index (Phi) is 45.4. The number of rotatable bonds is 45. The van der Waals surface area contributed by atoms with E-state index in [1.165, 1.54) is 128 Å². The van der Waals surface area contributed by atoms with Crippen LogP contribution in [0.4, 0.5) is 0 Å². The zero-order valence-corrected chi connectivity index (χ0v) is 38.6. The predicted octanol–water partition coefficient (Wildman–Crippen LogP) is 16.1. The summed E-state index contributed by atoms with van der Waals surface area (Å²) in [5, 5.41) is 0. The third-order valence-corrected chi connectivity index (χ3v) is 10.9. The Bertz CT molecular complexity index is 984. The van der Waals surface area contributed by atoms with E-state index in [0.29, 0.717) is 19.3 Å². The number of hydrogen-bond acceptors (Lipinski definition) is 6. The van der Waals surface area contributed by atoms with Crippen LogP contribution in [0.25, 0.3) is 0 Å². The lowest BCUT2D eigenvalue weighted by molar-refractivity contribution is -0.167. The summed E-state index contributed by atoms with van der Waals surface area (Å²) in [6.45, 7) is 6.52. The number of hydrogen-bond donors (Lipinski definition) is 0. The summed E-state index contributed by atoms with van der Waals surface area (Å²) in [5.41, 5.74) is 0. The first kappa shape index (κ1) is 55.6. The van der Waals surface area contributed by atoms with Crippen molar-refractivity contribution >= 4 is 17.9 Å². The first-order valence-electron chi connectivity index (χ1n) is 25.0. The zero-order chi connectivity index (χ0) is 42.3. The molecule has 0 N–H and O–H groups in total. The minimum Gasteiger partial charge on any atom is -0.462 e. The van der Waals surface area contributed by atoms with Crippen molar-refractivity contribution in [3.8, 4) is 0 Å². The van der Waals surface area contributed by atoms with E-state index in [9.17, 15) is 14.4 Å². The second-order valence-electron chi connectivity index (χ2n) is 16.7. The summed E-state index contributed by atoms with van der Waals surface area (Å²) in [7, 11) is 0. The van der Waals surface area contributed by atoms with Gasteiger partial charge >= 0.3 is 17.9 Å². The molecule has 0 aromatic carbocycles. The van der Waals surface area contributed by atoms with Gasteiger partial charge in [-0.1, -0.05) is 205 Å². The average molecular weight is 815 g/mol. The lowest BCUT2D eigenvalue weighted by Crippen LogP contribution is -2.30. The number of carbonyl (C=O) groups is 3. The normalized spacial score (nSPS) is 12.3. The van der Waals surface area contributed by atoms with Gasteiger partial charge in [0.2, 0.25) is 0 Å². The first-order chi connectivity index (χ1) is 28.5. The standard InChI is InChI=1S/C52H94O6/c1-4-7-10-13-16-19-22-25-28-30-33-36-39-42-45-51(54)57-48-49(58-52(55)46-43-40-37-34-31-27-24-21-18-15-12-9-6-3)47-56-50(53)44-41-38-35-32-29-26-23-20-17-14-11-8-5-2/h7,10,16,19,27,31,49H,4-6,8-9,11-15,17-18,20-26,28-30,32-48H2,1-3H3/b10-7-,19-16-,31-27-. The minimum atomic E-state index is -0.778. The molecular formula is C52H94O6. The molecule has 0 saturated heterocycles. The second kappa shape index (κ2) is 47.3. The molecule has 1 atom stereocenters. The van der Waals surface area contributed by atoms with Crippen molar-refractivity contribution in [2.45, 2.75) is 264 Å². The van der Waals surface area contributed by atoms with Gasteiger partial charge in [-0.05, 0) is 70.6 Å². The van der Waals surface area contributed by atoms with Crippen LogP contribution >= 0.6 is 0 Å².